The zero-order valence-corrected chi connectivity index (χ0v) is 13.8. The van der Waals surface area contributed by atoms with Gasteiger partial charge in [0.2, 0.25) is 5.91 Å². The van der Waals surface area contributed by atoms with E-state index in [-0.39, 0.29) is 30.1 Å². The van der Waals surface area contributed by atoms with Crippen LogP contribution in [0.4, 0.5) is 5.69 Å². The van der Waals surface area contributed by atoms with Gasteiger partial charge in [0.15, 0.2) is 0 Å². The maximum Gasteiger partial charge on any atom is 0.251 e. The number of carbonyl (C=O) groups is 2. The van der Waals surface area contributed by atoms with Crippen LogP contribution in [0.15, 0.2) is 18.2 Å². The molecule has 22 heavy (non-hydrogen) atoms. The number of hydrogen-bond acceptors (Lipinski definition) is 4. The highest BCUT2D eigenvalue weighted by atomic mass is 35.5. The normalized spacial score (nSPS) is 15.0. The molecule has 1 aromatic carbocycles. The van der Waals surface area contributed by atoms with Gasteiger partial charge in [0.25, 0.3) is 5.91 Å². The van der Waals surface area contributed by atoms with Crippen LogP contribution in [0, 0.1) is 11.8 Å². The van der Waals surface area contributed by atoms with Crippen LogP contribution < -0.4 is 20.7 Å². The SMILES string of the molecule is CNC(=O)c1ccc(OC)c(NC(=O)C(C)C2CNC2)c1.Cl. The van der Waals surface area contributed by atoms with Crippen molar-refractivity contribution in [1.29, 1.82) is 0 Å². The minimum atomic E-state index is -0.204. The van der Waals surface area contributed by atoms with Gasteiger partial charge < -0.3 is 20.7 Å². The molecule has 0 saturated carbocycles. The molecule has 6 nitrogen and oxygen atoms in total. The minimum Gasteiger partial charge on any atom is -0.495 e. The van der Waals surface area contributed by atoms with Crippen molar-refractivity contribution in [3.8, 4) is 5.75 Å². The van der Waals surface area contributed by atoms with Gasteiger partial charge in [-0.1, -0.05) is 6.92 Å². The third-order valence-corrected chi connectivity index (χ3v) is 3.88. The van der Waals surface area contributed by atoms with Crippen LogP contribution in [0.3, 0.4) is 0 Å². The molecule has 1 unspecified atom stereocenters. The highest BCUT2D eigenvalue weighted by Gasteiger charge is 2.29. The fraction of sp³-hybridized carbons (Fsp3) is 0.467. The number of hydrogen-bond donors (Lipinski definition) is 3. The zero-order chi connectivity index (χ0) is 15.4. The lowest BCUT2D eigenvalue weighted by Gasteiger charge is -2.31. The van der Waals surface area contributed by atoms with Crippen LogP contribution >= 0.6 is 12.4 Å². The van der Waals surface area contributed by atoms with Gasteiger partial charge in [-0.2, -0.15) is 0 Å². The number of halogens is 1. The number of methoxy groups -OCH3 is 1. The Kier molecular flexibility index (Phi) is 6.64. The molecule has 1 aromatic rings. The summed E-state index contributed by atoms with van der Waals surface area (Å²) in [5.41, 5.74) is 0.995. The fourth-order valence-corrected chi connectivity index (χ4v) is 2.22. The lowest BCUT2D eigenvalue weighted by Crippen LogP contribution is -2.48. The Morgan fingerprint density at radius 3 is 2.55 bits per heavy atom. The molecule has 1 saturated heterocycles. The van der Waals surface area contributed by atoms with E-state index < -0.39 is 0 Å². The molecule has 122 valence electrons. The molecule has 1 atom stereocenters. The Balaban J connectivity index is 0.00000242. The van der Waals surface area contributed by atoms with Gasteiger partial charge >= 0.3 is 0 Å². The second kappa shape index (κ2) is 8.00. The Bertz CT molecular complexity index is 547. The van der Waals surface area contributed by atoms with Crippen molar-refractivity contribution in [3.05, 3.63) is 23.8 Å². The summed E-state index contributed by atoms with van der Waals surface area (Å²) in [6, 6.07) is 4.96. The summed E-state index contributed by atoms with van der Waals surface area (Å²) in [7, 11) is 3.10. The van der Waals surface area contributed by atoms with E-state index in [0.29, 0.717) is 22.9 Å². The number of nitrogens with one attached hydrogen (secondary N) is 3. The number of carbonyl (C=O) groups excluding carboxylic acids is 2. The molecular weight excluding hydrogens is 306 g/mol. The summed E-state index contributed by atoms with van der Waals surface area (Å²) in [6.45, 7) is 3.64. The molecule has 1 fully saturated rings. The highest BCUT2D eigenvalue weighted by molar-refractivity contribution is 5.98. The average molecular weight is 328 g/mol. The first-order chi connectivity index (χ1) is 10.1. The summed E-state index contributed by atoms with van der Waals surface area (Å²) in [6.07, 6.45) is 0. The van der Waals surface area contributed by atoms with Crippen molar-refractivity contribution in [2.24, 2.45) is 11.8 Å². The van der Waals surface area contributed by atoms with Gasteiger partial charge in [-0.05, 0) is 37.2 Å². The number of amides is 2. The van der Waals surface area contributed by atoms with E-state index in [2.05, 4.69) is 16.0 Å². The minimum absolute atomic E-state index is 0. The first-order valence-electron chi connectivity index (χ1n) is 6.98. The van der Waals surface area contributed by atoms with Crippen LogP contribution in [-0.2, 0) is 4.79 Å². The molecule has 2 amide bonds. The van der Waals surface area contributed by atoms with E-state index in [9.17, 15) is 9.59 Å². The first kappa shape index (κ1) is 18.3. The maximum absolute atomic E-state index is 12.3. The molecule has 0 aromatic heterocycles. The average Bonchev–Trinajstić information content (AvgIpc) is 2.44. The van der Waals surface area contributed by atoms with Crippen molar-refractivity contribution >= 4 is 29.9 Å². The molecule has 0 radical (unpaired) electrons. The van der Waals surface area contributed by atoms with Gasteiger partial charge in [0.05, 0.1) is 12.8 Å². The topological polar surface area (TPSA) is 79.5 Å². The second-order valence-electron chi connectivity index (χ2n) is 5.19. The van der Waals surface area contributed by atoms with Crippen LogP contribution in [0.5, 0.6) is 5.75 Å². The molecule has 0 aliphatic carbocycles. The molecule has 1 aliphatic heterocycles. The molecule has 0 bridgehead atoms. The van der Waals surface area contributed by atoms with Crippen molar-refractivity contribution in [3.63, 3.8) is 0 Å². The molecule has 1 heterocycles. The summed E-state index contributed by atoms with van der Waals surface area (Å²) >= 11 is 0. The van der Waals surface area contributed by atoms with Gasteiger partial charge in [0, 0.05) is 18.5 Å². The van der Waals surface area contributed by atoms with Crippen molar-refractivity contribution in [1.82, 2.24) is 10.6 Å². The molecule has 3 N–H and O–H groups in total. The standard InChI is InChI=1S/C15H21N3O3.ClH/c1-9(11-7-17-8-11)14(19)18-12-6-10(15(20)16-2)4-5-13(12)21-3;/h4-6,9,11,17H,7-8H2,1-3H3,(H,16,20)(H,18,19);1H. The van der Waals surface area contributed by atoms with Gasteiger partial charge in [-0.25, -0.2) is 0 Å². The van der Waals surface area contributed by atoms with E-state index in [1.807, 2.05) is 6.92 Å². The third-order valence-electron chi connectivity index (χ3n) is 3.88. The molecule has 1 aliphatic rings. The highest BCUT2D eigenvalue weighted by Crippen LogP contribution is 2.27. The summed E-state index contributed by atoms with van der Waals surface area (Å²) in [5.74, 6) is 0.547. The second-order valence-corrected chi connectivity index (χ2v) is 5.19. The largest absolute Gasteiger partial charge is 0.495 e. The van der Waals surface area contributed by atoms with Crippen molar-refractivity contribution < 1.29 is 14.3 Å². The summed E-state index contributed by atoms with van der Waals surface area (Å²) in [4.78, 5) is 23.9. The van der Waals surface area contributed by atoms with Crippen LogP contribution in [0.25, 0.3) is 0 Å². The van der Waals surface area contributed by atoms with Crippen LogP contribution in [0.2, 0.25) is 0 Å². The maximum atomic E-state index is 12.3. The summed E-state index contributed by atoms with van der Waals surface area (Å²) < 4.78 is 5.24. The Morgan fingerprint density at radius 2 is 2.05 bits per heavy atom. The molecule has 7 heteroatoms. The van der Waals surface area contributed by atoms with E-state index in [0.717, 1.165) is 13.1 Å². The molecule has 2 rings (SSSR count). The molecular formula is C15H22ClN3O3. The predicted octanol–water partition coefficient (Wildman–Crippen LogP) is 1.27. The Hall–Kier alpha value is -1.79. The molecule has 0 spiro atoms. The van der Waals surface area contributed by atoms with Crippen molar-refractivity contribution in [2.45, 2.75) is 6.92 Å². The number of rotatable bonds is 5. The van der Waals surface area contributed by atoms with Crippen LogP contribution in [-0.4, -0.2) is 39.1 Å². The van der Waals surface area contributed by atoms with Gasteiger partial charge in [-0.15, -0.1) is 12.4 Å². The van der Waals surface area contributed by atoms with Crippen molar-refractivity contribution in [2.75, 3.05) is 32.6 Å². The summed E-state index contributed by atoms with van der Waals surface area (Å²) in [5, 5.41) is 8.57. The van der Waals surface area contributed by atoms with E-state index >= 15 is 0 Å². The Labute approximate surface area is 136 Å². The zero-order valence-electron chi connectivity index (χ0n) is 12.9. The third kappa shape index (κ3) is 3.90. The lowest BCUT2D eigenvalue weighted by atomic mass is 9.88. The number of ether oxygens (including phenoxy) is 1. The first-order valence-corrected chi connectivity index (χ1v) is 6.98. The lowest BCUT2D eigenvalue weighted by molar-refractivity contribution is -0.121. The monoisotopic (exact) mass is 327 g/mol. The van der Waals surface area contributed by atoms with E-state index in [1.54, 1.807) is 25.2 Å². The number of benzene rings is 1. The van der Waals surface area contributed by atoms with Gasteiger partial charge in [0.1, 0.15) is 5.75 Å². The van der Waals surface area contributed by atoms with Gasteiger partial charge in [-0.3, -0.25) is 9.59 Å². The number of anilines is 1. The Morgan fingerprint density at radius 1 is 1.36 bits per heavy atom. The van der Waals surface area contributed by atoms with E-state index in [1.165, 1.54) is 7.11 Å². The van der Waals surface area contributed by atoms with Crippen LogP contribution in [0.1, 0.15) is 17.3 Å². The smallest absolute Gasteiger partial charge is 0.251 e. The predicted molar refractivity (Wildman–Crippen MR) is 87.8 cm³/mol. The quantitative estimate of drug-likeness (QED) is 0.761. The fourth-order valence-electron chi connectivity index (χ4n) is 2.22. The van der Waals surface area contributed by atoms with E-state index in [4.69, 9.17) is 4.74 Å².